The first kappa shape index (κ1) is 25.5. The Morgan fingerprint density at radius 3 is 2.57 bits per heavy atom. The first-order chi connectivity index (χ1) is 14.4. The van der Waals surface area contributed by atoms with Crippen LogP contribution in [-0.4, -0.2) is 18.9 Å². The van der Waals surface area contributed by atoms with Gasteiger partial charge in [0, 0.05) is 24.4 Å². The molecule has 1 aromatic rings. The molecule has 1 rings (SSSR count). The van der Waals surface area contributed by atoms with E-state index in [0.29, 0.717) is 12.5 Å². The molecule has 0 saturated carbocycles. The Morgan fingerprint density at radius 2 is 2.00 bits per heavy atom. The summed E-state index contributed by atoms with van der Waals surface area (Å²) in [6.45, 7) is 19.7. The zero-order chi connectivity index (χ0) is 22.5. The predicted molar refractivity (Wildman–Crippen MR) is 135 cm³/mol. The van der Waals surface area contributed by atoms with Gasteiger partial charge in [0.05, 0.1) is 0 Å². The van der Waals surface area contributed by atoms with Crippen molar-refractivity contribution in [1.82, 2.24) is 0 Å². The van der Waals surface area contributed by atoms with Crippen molar-refractivity contribution in [1.29, 1.82) is 5.41 Å². The highest BCUT2D eigenvalue weighted by Crippen LogP contribution is 2.29. The van der Waals surface area contributed by atoms with E-state index in [1.165, 1.54) is 42.5 Å². The maximum Gasteiger partial charge on any atom is 0.120 e. The summed E-state index contributed by atoms with van der Waals surface area (Å²) in [5.41, 5.74) is 11.3. The molecule has 0 amide bonds. The zero-order valence-corrected chi connectivity index (χ0v) is 19.3. The van der Waals surface area contributed by atoms with Gasteiger partial charge in [-0.05, 0) is 54.5 Å². The first-order valence-electron chi connectivity index (χ1n) is 11.2. The average molecular weight is 408 g/mol. The van der Waals surface area contributed by atoms with Crippen LogP contribution in [-0.2, 0) is 6.42 Å². The van der Waals surface area contributed by atoms with Gasteiger partial charge in [-0.1, -0.05) is 77.0 Å². The van der Waals surface area contributed by atoms with Crippen molar-refractivity contribution in [3.8, 4) is 0 Å². The van der Waals surface area contributed by atoms with Crippen molar-refractivity contribution in [3.63, 3.8) is 0 Å². The molecule has 0 spiro atoms. The smallest absolute Gasteiger partial charge is 0.120 e. The number of hydrogen-bond acceptors (Lipinski definition) is 2. The third kappa shape index (κ3) is 8.44. The van der Waals surface area contributed by atoms with Gasteiger partial charge in [0.25, 0.3) is 0 Å². The van der Waals surface area contributed by atoms with E-state index in [1.807, 2.05) is 12.2 Å². The summed E-state index contributed by atoms with van der Waals surface area (Å²) in [5, 5.41) is 8.05. The van der Waals surface area contributed by atoms with Crippen molar-refractivity contribution < 1.29 is 0 Å². The van der Waals surface area contributed by atoms with Crippen molar-refractivity contribution in [2.24, 2.45) is 11.7 Å². The Labute approximate surface area is 184 Å². The topological polar surface area (TPSA) is 53.1 Å². The highest BCUT2D eigenvalue weighted by molar-refractivity contribution is 5.96. The van der Waals surface area contributed by atoms with Crippen LogP contribution in [0.3, 0.4) is 0 Å². The fraction of sp³-hybridized carbons (Fsp3) is 0.444. The van der Waals surface area contributed by atoms with Crippen LogP contribution in [0.4, 0.5) is 5.69 Å². The molecule has 0 radical (unpaired) electrons. The van der Waals surface area contributed by atoms with Crippen molar-refractivity contribution >= 4 is 11.5 Å². The second kappa shape index (κ2) is 13.6. The zero-order valence-electron chi connectivity index (χ0n) is 19.3. The molecule has 1 atom stereocenters. The van der Waals surface area contributed by atoms with Gasteiger partial charge in [-0.25, -0.2) is 0 Å². The third-order valence-electron chi connectivity index (χ3n) is 5.57. The van der Waals surface area contributed by atoms with Gasteiger partial charge >= 0.3 is 0 Å². The SMILES string of the molecule is C=CCCN(C/C(=C\C(=C)C=C)C(=N)N)c1cc(C)ccc1CC(CC)CCCC. The lowest BCUT2D eigenvalue weighted by atomic mass is 9.90. The lowest BCUT2D eigenvalue weighted by molar-refractivity contribution is 0.449. The molecule has 0 fully saturated rings. The van der Waals surface area contributed by atoms with E-state index < -0.39 is 0 Å². The van der Waals surface area contributed by atoms with E-state index in [4.69, 9.17) is 11.1 Å². The first-order valence-corrected chi connectivity index (χ1v) is 11.2. The van der Waals surface area contributed by atoms with Gasteiger partial charge in [-0.3, -0.25) is 5.41 Å². The molecular weight excluding hydrogens is 366 g/mol. The van der Waals surface area contributed by atoms with Gasteiger partial charge in [-0.15, -0.1) is 6.58 Å². The van der Waals surface area contributed by atoms with Crippen LogP contribution in [0.2, 0.25) is 0 Å². The summed E-state index contributed by atoms with van der Waals surface area (Å²) >= 11 is 0. The number of allylic oxidation sites excluding steroid dienone is 3. The molecule has 30 heavy (non-hydrogen) atoms. The molecule has 0 aliphatic rings. The minimum absolute atomic E-state index is 0.0742. The molecule has 1 aromatic carbocycles. The van der Waals surface area contributed by atoms with Gasteiger partial charge in [0.15, 0.2) is 0 Å². The Kier molecular flexibility index (Phi) is 11.6. The van der Waals surface area contributed by atoms with Gasteiger partial charge in [0.1, 0.15) is 5.84 Å². The van der Waals surface area contributed by atoms with E-state index in [9.17, 15) is 0 Å². The summed E-state index contributed by atoms with van der Waals surface area (Å²) in [5.74, 6) is 0.765. The van der Waals surface area contributed by atoms with E-state index in [-0.39, 0.29) is 5.84 Å². The minimum Gasteiger partial charge on any atom is -0.384 e. The number of nitrogens with one attached hydrogen (secondary N) is 1. The lowest BCUT2D eigenvalue weighted by Gasteiger charge is -2.29. The number of aryl methyl sites for hydroxylation is 1. The number of rotatable bonds is 15. The molecule has 0 aromatic heterocycles. The van der Waals surface area contributed by atoms with Crippen LogP contribution >= 0.6 is 0 Å². The third-order valence-corrected chi connectivity index (χ3v) is 5.57. The number of amidine groups is 1. The van der Waals surface area contributed by atoms with E-state index >= 15 is 0 Å². The van der Waals surface area contributed by atoms with Gasteiger partial charge < -0.3 is 10.6 Å². The molecule has 1 unspecified atom stereocenters. The number of hydrogen-bond donors (Lipinski definition) is 2. The Balaban J connectivity index is 3.32. The largest absolute Gasteiger partial charge is 0.384 e. The second-order valence-electron chi connectivity index (χ2n) is 8.11. The van der Waals surface area contributed by atoms with E-state index in [0.717, 1.165) is 30.5 Å². The monoisotopic (exact) mass is 407 g/mol. The van der Waals surface area contributed by atoms with Crippen molar-refractivity contribution in [3.05, 3.63) is 78.4 Å². The molecule has 0 aliphatic carbocycles. The van der Waals surface area contributed by atoms with Crippen LogP contribution in [0.1, 0.15) is 57.1 Å². The molecule has 0 heterocycles. The fourth-order valence-corrected chi connectivity index (χ4v) is 3.62. The summed E-state index contributed by atoms with van der Waals surface area (Å²) in [7, 11) is 0. The number of unbranched alkanes of at least 4 members (excludes halogenated alkanes) is 1. The standard InChI is InChI=1S/C27H41N3/c1-7-11-13-23(10-4)19-24-15-14-22(6)18-26(24)30(16-12-8-2)20-25(27(28)29)17-21(5)9-3/h8-9,14-15,17-18,23H,2-3,5,7,10-13,16,19-20H2,1,4,6H3,(H3,28,29)/b25-17+. The quantitative estimate of drug-likeness (QED) is 0.146. The van der Waals surface area contributed by atoms with Crippen LogP contribution in [0.5, 0.6) is 0 Å². The molecule has 0 bridgehead atoms. The number of nitrogens with two attached hydrogens (primary N) is 1. The van der Waals surface area contributed by atoms with Crippen LogP contribution in [0.25, 0.3) is 0 Å². The summed E-state index contributed by atoms with van der Waals surface area (Å²) < 4.78 is 0. The Hall–Kier alpha value is -2.55. The highest BCUT2D eigenvalue weighted by atomic mass is 15.1. The highest BCUT2D eigenvalue weighted by Gasteiger charge is 2.17. The Morgan fingerprint density at radius 1 is 1.27 bits per heavy atom. The summed E-state index contributed by atoms with van der Waals surface area (Å²) in [6.07, 6.45) is 12.4. The van der Waals surface area contributed by atoms with Crippen LogP contribution in [0, 0.1) is 18.3 Å². The van der Waals surface area contributed by atoms with E-state index in [2.05, 4.69) is 63.6 Å². The molecule has 0 saturated heterocycles. The minimum atomic E-state index is 0.0742. The second-order valence-corrected chi connectivity index (χ2v) is 8.11. The summed E-state index contributed by atoms with van der Waals surface area (Å²) in [6, 6.07) is 6.75. The summed E-state index contributed by atoms with van der Waals surface area (Å²) in [4.78, 5) is 2.33. The molecule has 164 valence electrons. The molecule has 3 N–H and O–H groups in total. The molecule has 3 heteroatoms. The normalized spacial score (nSPS) is 12.3. The Bertz CT molecular complexity index is 757. The number of anilines is 1. The van der Waals surface area contributed by atoms with Gasteiger partial charge in [-0.2, -0.15) is 0 Å². The van der Waals surface area contributed by atoms with Crippen molar-refractivity contribution in [2.75, 3.05) is 18.0 Å². The van der Waals surface area contributed by atoms with Gasteiger partial charge in [0.2, 0.25) is 0 Å². The number of nitrogens with zero attached hydrogens (tertiary/aromatic N) is 1. The van der Waals surface area contributed by atoms with Crippen molar-refractivity contribution in [2.45, 2.75) is 59.3 Å². The molecular formula is C27H41N3. The average Bonchev–Trinajstić information content (AvgIpc) is 2.73. The predicted octanol–water partition coefficient (Wildman–Crippen LogP) is 6.74. The lowest BCUT2D eigenvalue weighted by Crippen LogP contribution is -2.32. The molecule has 0 aliphatic heterocycles. The number of benzene rings is 1. The molecule has 3 nitrogen and oxygen atoms in total. The van der Waals surface area contributed by atoms with Crippen LogP contribution in [0.15, 0.2) is 67.3 Å². The maximum absolute atomic E-state index is 8.05. The van der Waals surface area contributed by atoms with E-state index in [1.54, 1.807) is 6.08 Å². The van der Waals surface area contributed by atoms with Crippen LogP contribution < -0.4 is 10.6 Å². The fourth-order valence-electron chi connectivity index (χ4n) is 3.62. The maximum atomic E-state index is 8.05.